The third-order valence-electron chi connectivity index (χ3n) is 4.57. The lowest BCUT2D eigenvalue weighted by Crippen LogP contribution is -2.44. The SMILES string of the molecule is CC(C(=O)N(CC1CCCN1)C1CC1)C1CC1. The Morgan fingerprint density at radius 2 is 2.06 bits per heavy atom. The molecule has 2 aliphatic carbocycles. The van der Waals surface area contributed by atoms with Crippen LogP contribution >= 0.6 is 0 Å². The summed E-state index contributed by atoms with van der Waals surface area (Å²) in [4.78, 5) is 14.7. The predicted molar refractivity (Wildman–Crippen MR) is 67.6 cm³/mol. The maximum absolute atomic E-state index is 12.5. The van der Waals surface area contributed by atoms with Crippen LogP contribution in [-0.4, -0.2) is 36.0 Å². The van der Waals surface area contributed by atoms with E-state index < -0.39 is 0 Å². The largest absolute Gasteiger partial charge is 0.338 e. The monoisotopic (exact) mass is 236 g/mol. The zero-order valence-corrected chi connectivity index (χ0v) is 10.8. The Labute approximate surface area is 104 Å². The smallest absolute Gasteiger partial charge is 0.225 e. The third kappa shape index (κ3) is 2.65. The highest BCUT2D eigenvalue weighted by Crippen LogP contribution is 2.39. The minimum absolute atomic E-state index is 0.275. The van der Waals surface area contributed by atoms with Crippen molar-refractivity contribution in [2.75, 3.05) is 13.1 Å². The fraction of sp³-hybridized carbons (Fsp3) is 0.929. The van der Waals surface area contributed by atoms with Crippen molar-refractivity contribution in [3.8, 4) is 0 Å². The molecular weight excluding hydrogens is 212 g/mol. The average Bonchev–Trinajstić information content (AvgIpc) is 3.24. The van der Waals surface area contributed by atoms with E-state index in [1.54, 1.807) is 0 Å². The third-order valence-corrected chi connectivity index (χ3v) is 4.57. The molecule has 3 aliphatic rings. The predicted octanol–water partition coefficient (Wildman–Crippen LogP) is 1.78. The van der Waals surface area contributed by atoms with Crippen molar-refractivity contribution in [1.82, 2.24) is 10.2 Å². The molecule has 2 saturated carbocycles. The Kier molecular flexibility index (Phi) is 3.12. The van der Waals surface area contributed by atoms with E-state index in [2.05, 4.69) is 17.1 Å². The van der Waals surface area contributed by atoms with Crippen LogP contribution in [0.25, 0.3) is 0 Å². The molecule has 0 spiro atoms. The van der Waals surface area contributed by atoms with Gasteiger partial charge in [-0.3, -0.25) is 4.79 Å². The molecule has 96 valence electrons. The molecule has 0 radical (unpaired) electrons. The number of nitrogens with zero attached hydrogens (tertiary/aromatic N) is 1. The Hall–Kier alpha value is -0.570. The van der Waals surface area contributed by atoms with Gasteiger partial charge in [-0.05, 0) is 51.0 Å². The average molecular weight is 236 g/mol. The van der Waals surface area contributed by atoms with Crippen LogP contribution in [0.3, 0.4) is 0 Å². The van der Waals surface area contributed by atoms with E-state index in [4.69, 9.17) is 0 Å². The minimum atomic E-state index is 0.275. The molecule has 1 heterocycles. The van der Waals surface area contributed by atoms with Gasteiger partial charge in [-0.1, -0.05) is 6.92 Å². The van der Waals surface area contributed by atoms with Crippen molar-refractivity contribution in [2.45, 2.75) is 57.5 Å². The highest BCUT2D eigenvalue weighted by molar-refractivity contribution is 5.79. The van der Waals surface area contributed by atoms with Crippen molar-refractivity contribution in [3.05, 3.63) is 0 Å². The quantitative estimate of drug-likeness (QED) is 0.789. The fourth-order valence-electron chi connectivity index (χ4n) is 3.01. The van der Waals surface area contributed by atoms with Gasteiger partial charge in [0.25, 0.3) is 0 Å². The maximum Gasteiger partial charge on any atom is 0.225 e. The van der Waals surface area contributed by atoms with Crippen molar-refractivity contribution in [2.24, 2.45) is 11.8 Å². The molecule has 3 fully saturated rings. The van der Waals surface area contributed by atoms with Gasteiger partial charge in [-0.25, -0.2) is 0 Å². The van der Waals surface area contributed by atoms with Gasteiger partial charge in [-0.2, -0.15) is 0 Å². The summed E-state index contributed by atoms with van der Waals surface area (Å²) in [5.74, 6) is 1.40. The first-order valence-electron chi connectivity index (χ1n) is 7.29. The molecule has 1 amide bonds. The summed E-state index contributed by atoms with van der Waals surface area (Å²) >= 11 is 0. The first kappa shape index (κ1) is 11.5. The van der Waals surface area contributed by atoms with Crippen LogP contribution in [0.2, 0.25) is 0 Å². The van der Waals surface area contributed by atoms with E-state index in [1.807, 2.05) is 0 Å². The Bertz CT molecular complexity index is 291. The van der Waals surface area contributed by atoms with Crippen LogP contribution in [-0.2, 0) is 4.79 Å². The first-order valence-corrected chi connectivity index (χ1v) is 7.29. The molecular formula is C14H24N2O. The Morgan fingerprint density at radius 1 is 1.29 bits per heavy atom. The molecule has 2 unspecified atom stereocenters. The topological polar surface area (TPSA) is 32.3 Å². The van der Waals surface area contributed by atoms with Crippen molar-refractivity contribution < 1.29 is 4.79 Å². The lowest BCUT2D eigenvalue weighted by atomic mass is 10.0. The second kappa shape index (κ2) is 4.60. The van der Waals surface area contributed by atoms with Gasteiger partial charge in [0.1, 0.15) is 0 Å². The standard InChI is InChI=1S/C14H24N2O/c1-10(11-4-5-11)14(17)16(13-6-7-13)9-12-3-2-8-15-12/h10-13,15H,2-9H2,1H3. The van der Waals surface area contributed by atoms with Crippen molar-refractivity contribution in [1.29, 1.82) is 0 Å². The molecule has 0 aromatic rings. The molecule has 1 saturated heterocycles. The summed E-state index contributed by atoms with van der Waals surface area (Å²) < 4.78 is 0. The lowest BCUT2D eigenvalue weighted by molar-refractivity contribution is -0.136. The number of amides is 1. The van der Waals surface area contributed by atoms with Crippen LogP contribution in [0.1, 0.15) is 45.4 Å². The van der Waals surface area contributed by atoms with E-state index >= 15 is 0 Å². The number of hydrogen-bond acceptors (Lipinski definition) is 2. The molecule has 3 nitrogen and oxygen atoms in total. The van der Waals surface area contributed by atoms with Gasteiger partial charge in [0.15, 0.2) is 0 Å². The normalized spacial score (nSPS) is 30.3. The van der Waals surface area contributed by atoms with Gasteiger partial charge in [-0.15, -0.1) is 0 Å². The van der Waals surface area contributed by atoms with Crippen LogP contribution in [0.4, 0.5) is 0 Å². The van der Waals surface area contributed by atoms with E-state index in [0.29, 0.717) is 23.9 Å². The van der Waals surface area contributed by atoms with Gasteiger partial charge in [0, 0.05) is 24.5 Å². The second-order valence-corrected chi connectivity index (χ2v) is 6.14. The minimum Gasteiger partial charge on any atom is -0.338 e. The van der Waals surface area contributed by atoms with Gasteiger partial charge < -0.3 is 10.2 Å². The summed E-state index contributed by atoms with van der Waals surface area (Å²) in [6, 6.07) is 1.14. The van der Waals surface area contributed by atoms with Crippen LogP contribution in [0, 0.1) is 11.8 Å². The highest BCUT2D eigenvalue weighted by Gasteiger charge is 2.40. The highest BCUT2D eigenvalue weighted by atomic mass is 16.2. The summed E-state index contributed by atoms with van der Waals surface area (Å²) in [6.45, 7) is 4.23. The summed E-state index contributed by atoms with van der Waals surface area (Å²) in [7, 11) is 0. The number of nitrogens with one attached hydrogen (secondary N) is 1. The molecule has 0 aromatic carbocycles. The summed E-state index contributed by atoms with van der Waals surface area (Å²) in [5, 5.41) is 3.51. The molecule has 3 rings (SSSR count). The van der Waals surface area contributed by atoms with E-state index in [-0.39, 0.29) is 5.92 Å². The molecule has 0 bridgehead atoms. The van der Waals surface area contributed by atoms with Crippen molar-refractivity contribution in [3.63, 3.8) is 0 Å². The van der Waals surface area contributed by atoms with E-state index in [1.165, 1.54) is 38.5 Å². The summed E-state index contributed by atoms with van der Waals surface area (Å²) in [6.07, 6.45) is 7.52. The first-order chi connectivity index (χ1) is 8.25. The molecule has 2 atom stereocenters. The molecule has 1 aliphatic heterocycles. The molecule has 3 heteroatoms. The van der Waals surface area contributed by atoms with Crippen LogP contribution in [0.15, 0.2) is 0 Å². The number of carbonyl (C=O) groups excluding carboxylic acids is 1. The van der Waals surface area contributed by atoms with Gasteiger partial charge in [0.05, 0.1) is 0 Å². The van der Waals surface area contributed by atoms with Gasteiger partial charge >= 0.3 is 0 Å². The number of hydrogen-bond donors (Lipinski definition) is 1. The zero-order chi connectivity index (χ0) is 11.8. The molecule has 17 heavy (non-hydrogen) atoms. The maximum atomic E-state index is 12.5. The molecule has 0 aromatic heterocycles. The van der Waals surface area contributed by atoms with E-state index in [0.717, 1.165) is 13.1 Å². The van der Waals surface area contributed by atoms with E-state index in [9.17, 15) is 4.79 Å². The van der Waals surface area contributed by atoms with Crippen molar-refractivity contribution >= 4 is 5.91 Å². The molecule has 1 N–H and O–H groups in total. The van der Waals surface area contributed by atoms with Crippen LogP contribution in [0.5, 0.6) is 0 Å². The number of rotatable bonds is 5. The summed E-state index contributed by atoms with van der Waals surface area (Å²) in [5.41, 5.74) is 0. The van der Waals surface area contributed by atoms with Crippen LogP contribution < -0.4 is 5.32 Å². The number of carbonyl (C=O) groups is 1. The lowest BCUT2D eigenvalue weighted by Gasteiger charge is -2.28. The van der Waals surface area contributed by atoms with Gasteiger partial charge in [0.2, 0.25) is 5.91 Å². The zero-order valence-electron chi connectivity index (χ0n) is 10.8. The Morgan fingerprint density at radius 3 is 2.59 bits per heavy atom. The Balaban J connectivity index is 1.59. The fourth-order valence-corrected chi connectivity index (χ4v) is 3.01. The second-order valence-electron chi connectivity index (χ2n) is 6.14.